The molecule has 2 aliphatic carbocycles. The van der Waals surface area contributed by atoms with Gasteiger partial charge in [0.1, 0.15) is 0 Å². The van der Waals surface area contributed by atoms with Crippen LogP contribution in [0.1, 0.15) is 30.7 Å². The Morgan fingerprint density at radius 1 is 1.20 bits per heavy atom. The zero-order chi connectivity index (χ0) is 10.6. The third-order valence-corrected chi connectivity index (χ3v) is 3.61. The summed E-state index contributed by atoms with van der Waals surface area (Å²) in [5.41, 5.74) is 0.328. The van der Waals surface area contributed by atoms with Crippen molar-refractivity contribution in [3.63, 3.8) is 0 Å². The Kier molecular flexibility index (Phi) is 1.72. The highest BCUT2D eigenvalue weighted by atomic mass is 19.2. The van der Waals surface area contributed by atoms with E-state index in [-0.39, 0.29) is 11.8 Å². The molecular weight excluding hydrogens is 198 g/mol. The molecule has 3 rings (SSSR count). The molecule has 80 valence electrons. The summed E-state index contributed by atoms with van der Waals surface area (Å²) in [6.07, 6.45) is 2.62. The topological polar surface area (TPSA) is 20.2 Å². The molecule has 0 spiro atoms. The van der Waals surface area contributed by atoms with Crippen LogP contribution < -0.4 is 0 Å². The van der Waals surface area contributed by atoms with Gasteiger partial charge in [-0.2, -0.15) is 0 Å². The van der Waals surface area contributed by atoms with E-state index in [9.17, 15) is 13.9 Å². The van der Waals surface area contributed by atoms with Crippen LogP contribution in [0.25, 0.3) is 0 Å². The molecule has 0 aromatic heterocycles. The molecule has 1 aromatic rings. The summed E-state index contributed by atoms with van der Waals surface area (Å²) >= 11 is 0. The number of halogens is 2. The SMILES string of the molecule is OC1([C@@H]2C[C@H]2c2ccc(F)c(F)c2)CC1. The highest BCUT2D eigenvalue weighted by Crippen LogP contribution is 2.61. The van der Waals surface area contributed by atoms with E-state index in [0.717, 1.165) is 30.9 Å². The maximum absolute atomic E-state index is 13.0. The molecule has 15 heavy (non-hydrogen) atoms. The van der Waals surface area contributed by atoms with Crippen LogP contribution in [-0.2, 0) is 0 Å². The van der Waals surface area contributed by atoms with Gasteiger partial charge in [-0.25, -0.2) is 8.78 Å². The molecule has 0 saturated heterocycles. The third kappa shape index (κ3) is 1.46. The third-order valence-electron chi connectivity index (χ3n) is 3.61. The van der Waals surface area contributed by atoms with Crippen LogP contribution in [0.15, 0.2) is 18.2 Å². The lowest BCUT2D eigenvalue weighted by Gasteiger charge is -2.06. The Bertz CT molecular complexity index is 412. The first-order valence-corrected chi connectivity index (χ1v) is 5.27. The quantitative estimate of drug-likeness (QED) is 0.795. The second-order valence-corrected chi connectivity index (χ2v) is 4.73. The van der Waals surface area contributed by atoms with Gasteiger partial charge >= 0.3 is 0 Å². The molecule has 0 unspecified atom stereocenters. The van der Waals surface area contributed by atoms with Crippen LogP contribution in [0, 0.1) is 17.6 Å². The summed E-state index contributed by atoms with van der Waals surface area (Å²) < 4.78 is 25.7. The van der Waals surface area contributed by atoms with Crippen LogP contribution in [0.3, 0.4) is 0 Å². The average Bonchev–Trinajstić information content (AvgIpc) is 3.04. The zero-order valence-corrected chi connectivity index (χ0v) is 8.21. The first kappa shape index (κ1) is 9.28. The molecule has 0 aliphatic heterocycles. The second kappa shape index (κ2) is 2.79. The molecule has 2 fully saturated rings. The van der Waals surface area contributed by atoms with Gasteiger partial charge in [0.05, 0.1) is 5.60 Å². The highest BCUT2D eigenvalue weighted by Gasteiger charge is 2.58. The van der Waals surface area contributed by atoms with E-state index >= 15 is 0 Å². The number of hydrogen-bond donors (Lipinski definition) is 1. The molecule has 2 saturated carbocycles. The molecule has 0 amide bonds. The van der Waals surface area contributed by atoms with Gasteiger partial charge in [-0.3, -0.25) is 0 Å². The number of benzene rings is 1. The van der Waals surface area contributed by atoms with Crippen LogP contribution in [0.2, 0.25) is 0 Å². The zero-order valence-electron chi connectivity index (χ0n) is 8.21. The lowest BCUT2D eigenvalue weighted by Crippen LogP contribution is -2.10. The molecular formula is C12H12F2O. The van der Waals surface area contributed by atoms with Crippen LogP contribution in [-0.4, -0.2) is 10.7 Å². The van der Waals surface area contributed by atoms with Gasteiger partial charge in [-0.15, -0.1) is 0 Å². The van der Waals surface area contributed by atoms with Gasteiger partial charge in [0.25, 0.3) is 0 Å². The van der Waals surface area contributed by atoms with E-state index in [1.165, 1.54) is 6.07 Å². The minimum absolute atomic E-state index is 0.229. The molecule has 0 bridgehead atoms. The molecule has 0 radical (unpaired) electrons. The van der Waals surface area contributed by atoms with Crippen molar-refractivity contribution in [2.45, 2.75) is 30.8 Å². The fraction of sp³-hybridized carbons (Fsp3) is 0.500. The van der Waals surface area contributed by atoms with E-state index in [2.05, 4.69) is 0 Å². The predicted molar refractivity (Wildman–Crippen MR) is 51.4 cm³/mol. The number of rotatable bonds is 2. The van der Waals surface area contributed by atoms with Crippen molar-refractivity contribution in [1.82, 2.24) is 0 Å². The smallest absolute Gasteiger partial charge is 0.159 e. The Balaban J connectivity index is 1.81. The molecule has 1 nitrogen and oxygen atoms in total. The Morgan fingerprint density at radius 3 is 2.53 bits per heavy atom. The van der Waals surface area contributed by atoms with Crippen molar-refractivity contribution in [1.29, 1.82) is 0 Å². The summed E-state index contributed by atoms with van der Waals surface area (Å²) in [5, 5.41) is 9.86. The van der Waals surface area contributed by atoms with Crippen LogP contribution >= 0.6 is 0 Å². The Hall–Kier alpha value is -0.960. The van der Waals surface area contributed by atoms with Crippen molar-refractivity contribution < 1.29 is 13.9 Å². The van der Waals surface area contributed by atoms with Crippen LogP contribution in [0.5, 0.6) is 0 Å². The summed E-state index contributed by atoms with van der Waals surface area (Å²) in [6, 6.07) is 4.04. The molecule has 1 N–H and O–H groups in total. The maximum atomic E-state index is 13.0. The van der Waals surface area contributed by atoms with Crippen molar-refractivity contribution in [2.24, 2.45) is 5.92 Å². The number of aliphatic hydroxyl groups is 1. The van der Waals surface area contributed by atoms with Crippen molar-refractivity contribution in [3.8, 4) is 0 Å². The lowest BCUT2D eigenvalue weighted by molar-refractivity contribution is 0.123. The van der Waals surface area contributed by atoms with Gasteiger partial charge in [0, 0.05) is 0 Å². The maximum Gasteiger partial charge on any atom is 0.159 e. The van der Waals surface area contributed by atoms with E-state index in [1.54, 1.807) is 6.07 Å². The molecule has 2 atom stereocenters. The monoisotopic (exact) mass is 210 g/mol. The highest BCUT2D eigenvalue weighted by molar-refractivity contribution is 5.30. The lowest BCUT2D eigenvalue weighted by atomic mass is 10.1. The van der Waals surface area contributed by atoms with E-state index < -0.39 is 17.2 Å². The molecule has 1 aromatic carbocycles. The van der Waals surface area contributed by atoms with Gasteiger partial charge in [0.15, 0.2) is 11.6 Å². The summed E-state index contributed by atoms with van der Waals surface area (Å²) in [7, 11) is 0. The predicted octanol–water partition coefficient (Wildman–Crippen LogP) is 2.59. The summed E-state index contributed by atoms with van der Waals surface area (Å²) in [4.78, 5) is 0. The fourth-order valence-electron chi connectivity index (χ4n) is 2.40. The molecule has 0 heterocycles. The van der Waals surface area contributed by atoms with Gasteiger partial charge in [0.2, 0.25) is 0 Å². The normalized spacial score (nSPS) is 31.4. The summed E-state index contributed by atoms with van der Waals surface area (Å²) in [5.74, 6) is -1.10. The van der Waals surface area contributed by atoms with Gasteiger partial charge in [-0.1, -0.05) is 6.07 Å². The van der Waals surface area contributed by atoms with Crippen molar-refractivity contribution in [3.05, 3.63) is 35.4 Å². The first-order chi connectivity index (χ1) is 7.10. The number of hydrogen-bond acceptors (Lipinski definition) is 1. The van der Waals surface area contributed by atoms with E-state index in [4.69, 9.17) is 0 Å². The molecule has 2 aliphatic rings. The Morgan fingerprint density at radius 2 is 1.93 bits per heavy atom. The van der Waals surface area contributed by atoms with Crippen molar-refractivity contribution in [2.75, 3.05) is 0 Å². The van der Waals surface area contributed by atoms with Crippen molar-refractivity contribution >= 4 is 0 Å². The van der Waals surface area contributed by atoms with Crippen LogP contribution in [0.4, 0.5) is 8.78 Å². The van der Waals surface area contributed by atoms with Gasteiger partial charge in [-0.05, 0) is 48.8 Å². The van der Waals surface area contributed by atoms with E-state index in [1.807, 2.05) is 0 Å². The van der Waals surface area contributed by atoms with Gasteiger partial charge < -0.3 is 5.11 Å². The summed E-state index contributed by atoms with van der Waals surface area (Å²) in [6.45, 7) is 0. The second-order valence-electron chi connectivity index (χ2n) is 4.73. The van der Waals surface area contributed by atoms with E-state index in [0.29, 0.717) is 0 Å². The largest absolute Gasteiger partial charge is 0.390 e. The Labute approximate surface area is 86.7 Å². The standard InChI is InChI=1S/C12H12F2O/c13-10-2-1-7(5-11(10)14)8-6-9(8)12(15)3-4-12/h1-2,5,8-9,15H,3-4,6H2/t8-,9+/m0/s1. The fourth-order valence-corrected chi connectivity index (χ4v) is 2.40. The molecule has 3 heteroatoms. The first-order valence-electron chi connectivity index (χ1n) is 5.27. The minimum Gasteiger partial charge on any atom is -0.390 e. The average molecular weight is 210 g/mol. The minimum atomic E-state index is -0.805.